The molecule has 0 atom stereocenters. The smallest absolute Gasteiger partial charge is 0.251 e. The van der Waals surface area contributed by atoms with Gasteiger partial charge in [0.1, 0.15) is 5.15 Å². The molecular formula is C14H18ClN5O. The molecule has 0 aliphatic carbocycles. The molecule has 1 N–H and O–H groups in total. The minimum absolute atomic E-state index is 0.166. The van der Waals surface area contributed by atoms with E-state index in [1.807, 2.05) is 20.8 Å². The van der Waals surface area contributed by atoms with Crippen LogP contribution in [-0.2, 0) is 12.0 Å². The molecule has 21 heavy (non-hydrogen) atoms. The van der Waals surface area contributed by atoms with Gasteiger partial charge in [0.25, 0.3) is 5.91 Å². The largest absolute Gasteiger partial charge is 0.350 e. The fraction of sp³-hybridized carbons (Fsp3) is 0.429. The first-order valence-corrected chi connectivity index (χ1v) is 7.04. The second kappa shape index (κ2) is 6.22. The fourth-order valence-electron chi connectivity index (χ4n) is 1.75. The molecule has 2 heterocycles. The molecule has 0 aliphatic rings. The number of pyridine rings is 1. The van der Waals surface area contributed by atoms with Gasteiger partial charge in [-0.05, 0) is 12.1 Å². The molecule has 0 aliphatic heterocycles. The van der Waals surface area contributed by atoms with Crippen LogP contribution in [0.15, 0.2) is 24.5 Å². The molecule has 0 fully saturated rings. The van der Waals surface area contributed by atoms with Crippen molar-refractivity contribution in [3.05, 3.63) is 40.9 Å². The van der Waals surface area contributed by atoms with E-state index in [4.69, 9.17) is 11.6 Å². The number of nitrogens with one attached hydrogen (secondary N) is 1. The van der Waals surface area contributed by atoms with Gasteiger partial charge in [-0.2, -0.15) is 0 Å². The van der Waals surface area contributed by atoms with Crippen LogP contribution in [0.1, 0.15) is 36.8 Å². The van der Waals surface area contributed by atoms with Crippen molar-refractivity contribution in [1.29, 1.82) is 0 Å². The van der Waals surface area contributed by atoms with Crippen molar-refractivity contribution < 1.29 is 4.79 Å². The Balaban J connectivity index is 2.03. The second-order valence-electron chi connectivity index (χ2n) is 5.74. The van der Waals surface area contributed by atoms with Crippen LogP contribution in [0, 0.1) is 0 Å². The summed E-state index contributed by atoms with van der Waals surface area (Å²) in [6.07, 6.45) is 3.34. The van der Waals surface area contributed by atoms with Crippen molar-refractivity contribution in [2.75, 3.05) is 6.54 Å². The van der Waals surface area contributed by atoms with Crippen molar-refractivity contribution in [1.82, 2.24) is 25.3 Å². The third kappa shape index (κ3) is 4.26. The van der Waals surface area contributed by atoms with E-state index < -0.39 is 0 Å². The lowest BCUT2D eigenvalue weighted by atomic mass is 9.91. The lowest BCUT2D eigenvalue weighted by molar-refractivity contribution is 0.0951. The Hall–Kier alpha value is -1.95. The molecule has 0 aromatic carbocycles. The summed E-state index contributed by atoms with van der Waals surface area (Å²) in [4.78, 5) is 16.4. The number of rotatable bonds is 4. The van der Waals surface area contributed by atoms with E-state index in [0.29, 0.717) is 23.8 Å². The highest BCUT2D eigenvalue weighted by atomic mass is 35.5. The van der Waals surface area contributed by atoms with Gasteiger partial charge in [0.05, 0.1) is 12.7 Å². The average molecular weight is 308 g/mol. The molecule has 6 nitrogen and oxygen atoms in total. The Kier molecular flexibility index (Phi) is 4.57. The predicted octanol–water partition coefficient (Wildman–Crippen LogP) is 2.05. The SMILES string of the molecule is CC(C)(C)c1cc(C(=O)NCCn2ccnn2)cc(Cl)n1. The maximum absolute atomic E-state index is 12.2. The van der Waals surface area contributed by atoms with E-state index in [0.717, 1.165) is 5.69 Å². The molecule has 2 aromatic rings. The van der Waals surface area contributed by atoms with Gasteiger partial charge in [-0.3, -0.25) is 9.48 Å². The molecule has 0 bridgehead atoms. The molecule has 0 radical (unpaired) electrons. The number of amides is 1. The zero-order chi connectivity index (χ0) is 15.5. The minimum atomic E-state index is -0.176. The van der Waals surface area contributed by atoms with Gasteiger partial charge >= 0.3 is 0 Å². The quantitative estimate of drug-likeness (QED) is 0.878. The van der Waals surface area contributed by atoms with Crippen molar-refractivity contribution >= 4 is 17.5 Å². The molecule has 0 saturated heterocycles. The number of hydrogen-bond donors (Lipinski definition) is 1. The summed E-state index contributed by atoms with van der Waals surface area (Å²) in [7, 11) is 0. The van der Waals surface area contributed by atoms with Gasteiger partial charge in [-0.15, -0.1) is 5.10 Å². The van der Waals surface area contributed by atoms with Gasteiger partial charge in [0, 0.05) is 29.4 Å². The van der Waals surface area contributed by atoms with E-state index in [1.165, 1.54) is 0 Å². The van der Waals surface area contributed by atoms with Crippen molar-refractivity contribution in [2.24, 2.45) is 0 Å². The van der Waals surface area contributed by atoms with Crippen LogP contribution in [-0.4, -0.2) is 32.4 Å². The summed E-state index contributed by atoms with van der Waals surface area (Å²) in [6, 6.07) is 3.35. The first-order chi connectivity index (χ1) is 9.86. The maximum atomic E-state index is 12.2. The zero-order valence-corrected chi connectivity index (χ0v) is 13.1. The van der Waals surface area contributed by atoms with Crippen LogP contribution < -0.4 is 5.32 Å². The number of nitrogens with zero attached hydrogens (tertiary/aromatic N) is 4. The molecule has 0 unspecified atom stereocenters. The highest BCUT2D eigenvalue weighted by Gasteiger charge is 2.18. The van der Waals surface area contributed by atoms with Gasteiger partial charge < -0.3 is 5.32 Å². The average Bonchev–Trinajstić information content (AvgIpc) is 2.90. The van der Waals surface area contributed by atoms with Gasteiger partial charge in [-0.1, -0.05) is 37.6 Å². The summed E-state index contributed by atoms with van der Waals surface area (Å²) < 4.78 is 1.65. The van der Waals surface area contributed by atoms with E-state index in [-0.39, 0.29) is 11.3 Å². The number of aromatic nitrogens is 4. The Morgan fingerprint density at radius 3 is 2.76 bits per heavy atom. The Morgan fingerprint density at radius 2 is 2.14 bits per heavy atom. The van der Waals surface area contributed by atoms with Gasteiger partial charge in [-0.25, -0.2) is 4.98 Å². The number of halogens is 1. The molecule has 2 aromatic heterocycles. The topological polar surface area (TPSA) is 72.7 Å². The normalized spacial score (nSPS) is 11.4. The molecule has 0 spiro atoms. The standard InChI is InChI=1S/C14H18ClN5O/c1-14(2,3)11-8-10(9-12(15)18-11)13(21)16-4-6-20-7-5-17-19-20/h5,7-9H,4,6H2,1-3H3,(H,16,21). The maximum Gasteiger partial charge on any atom is 0.251 e. The van der Waals surface area contributed by atoms with Crippen LogP contribution >= 0.6 is 11.6 Å². The van der Waals surface area contributed by atoms with Crippen molar-refractivity contribution in [2.45, 2.75) is 32.7 Å². The fourth-order valence-corrected chi connectivity index (χ4v) is 1.96. The summed E-state index contributed by atoms with van der Waals surface area (Å²) in [5.74, 6) is -0.176. The van der Waals surface area contributed by atoms with E-state index in [2.05, 4.69) is 20.6 Å². The summed E-state index contributed by atoms with van der Waals surface area (Å²) >= 11 is 6.00. The monoisotopic (exact) mass is 307 g/mol. The molecule has 0 saturated carbocycles. The third-order valence-electron chi connectivity index (χ3n) is 2.92. The predicted molar refractivity (Wildman–Crippen MR) is 80.3 cm³/mol. The molecular weight excluding hydrogens is 290 g/mol. The highest BCUT2D eigenvalue weighted by molar-refractivity contribution is 6.29. The van der Waals surface area contributed by atoms with Crippen molar-refractivity contribution in [3.8, 4) is 0 Å². The first-order valence-electron chi connectivity index (χ1n) is 6.66. The summed E-state index contributed by atoms with van der Waals surface area (Å²) in [5.41, 5.74) is 1.13. The number of hydrogen-bond acceptors (Lipinski definition) is 4. The Labute approximate surface area is 128 Å². The molecule has 1 amide bonds. The lowest BCUT2D eigenvalue weighted by Gasteiger charge is -2.18. The molecule has 112 valence electrons. The van der Waals surface area contributed by atoms with Gasteiger partial charge in [0.2, 0.25) is 0 Å². The highest BCUT2D eigenvalue weighted by Crippen LogP contribution is 2.23. The van der Waals surface area contributed by atoms with Crippen LogP contribution in [0.3, 0.4) is 0 Å². The van der Waals surface area contributed by atoms with Crippen LogP contribution in [0.5, 0.6) is 0 Å². The Morgan fingerprint density at radius 1 is 1.38 bits per heavy atom. The first kappa shape index (κ1) is 15.4. The van der Waals surface area contributed by atoms with Crippen molar-refractivity contribution in [3.63, 3.8) is 0 Å². The minimum Gasteiger partial charge on any atom is -0.350 e. The van der Waals surface area contributed by atoms with Crippen LogP contribution in [0.4, 0.5) is 0 Å². The van der Waals surface area contributed by atoms with Crippen LogP contribution in [0.2, 0.25) is 5.15 Å². The second-order valence-corrected chi connectivity index (χ2v) is 6.12. The van der Waals surface area contributed by atoms with E-state index >= 15 is 0 Å². The van der Waals surface area contributed by atoms with E-state index in [1.54, 1.807) is 29.2 Å². The van der Waals surface area contributed by atoms with Gasteiger partial charge in [0.15, 0.2) is 0 Å². The summed E-state index contributed by atoms with van der Waals surface area (Å²) in [5, 5.41) is 10.7. The Bertz CT molecular complexity index is 619. The zero-order valence-electron chi connectivity index (χ0n) is 12.3. The lowest BCUT2D eigenvalue weighted by Crippen LogP contribution is -2.28. The van der Waals surface area contributed by atoms with Crippen LogP contribution in [0.25, 0.3) is 0 Å². The number of carbonyl (C=O) groups is 1. The molecule has 2 rings (SSSR count). The molecule has 7 heteroatoms. The van der Waals surface area contributed by atoms with E-state index in [9.17, 15) is 4.79 Å². The summed E-state index contributed by atoms with van der Waals surface area (Å²) in [6.45, 7) is 7.11. The third-order valence-corrected chi connectivity index (χ3v) is 3.12. The number of carbonyl (C=O) groups excluding carboxylic acids is 1.